The van der Waals surface area contributed by atoms with E-state index in [9.17, 15) is 24.0 Å². The van der Waals surface area contributed by atoms with E-state index in [2.05, 4.69) is 15.3 Å². The molecule has 0 aliphatic carbocycles. The summed E-state index contributed by atoms with van der Waals surface area (Å²) < 4.78 is 1.99. The third kappa shape index (κ3) is 3.83. The van der Waals surface area contributed by atoms with Crippen LogP contribution in [-0.4, -0.2) is 36.1 Å². The summed E-state index contributed by atoms with van der Waals surface area (Å²) in [5.74, 6) is -1.49. The standard InChI is InChI=1S/C18H17N5O6/c1-22-14-13(16(26)23(2)18(22)29)20-11(15(25)21-14)7-8-12(24)19-10-5-3-9(4-6-10)17(27)28/h3-6H,7-8H2,1-2H3,(H,19,24)(H,21,25)(H,27,28). The van der Waals surface area contributed by atoms with Gasteiger partial charge in [0.1, 0.15) is 11.3 Å². The Hall–Kier alpha value is -4.02. The number of nitrogens with zero attached hydrogens (tertiary/aromatic N) is 3. The summed E-state index contributed by atoms with van der Waals surface area (Å²) in [6.45, 7) is 0. The topological polar surface area (TPSA) is 156 Å². The van der Waals surface area contributed by atoms with Crippen LogP contribution >= 0.6 is 0 Å². The molecule has 0 atom stereocenters. The molecule has 0 fully saturated rings. The van der Waals surface area contributed by atoms with Crippen LogP contribution in [0.4, 0.5) is 5.69 Å². The summed E-state index contributed by atoms with van der Waals surface area (Å²) in [4.78, 5) is 65.9. The molecule has 3 aromatic rings. The van der Waals surface area contributed by atoms with Crippen LogP contribution in [0.15, 0.2) is 38.6 Å². The van der Waals surface area contributed by atoms with Gasteiger partial charge in [-0.1, -0.05) is 0 Å². The summed E-state index contributed by atoms with van der Waals surface area (Å²) in [7, 11) is 2.71. The van der Waals surface area contributed by atoms with Crippen LogP contribution in [-0.2, 0) is 25.3 Å². The van der Waals surface area contributed by atoms with Gasteiger partial charge in [0.2, 0.25) is 5.91 Å². The van der Waals surface area contributed by atoms with Crippen LogP contribution in [0.1, 0.15) is 22.5 Å². The minimum Gasteiger partial charge on any atom is -0.478 e. The number of anilines is 1. The number of aryl methyl sites for hydroxylation is 2. The summed E-state index contributed by atoms with van der Waals surface area (Å²) in [6.07, 6.45) is -0.120. The molecule has 2 aromatic heterocycles. The maximum Gasteiger partial charge on any atom is 0.335 e. The van der Waals surface area contributed by atoms with E-state index < -0.39 is 28.7 Å². The van der Waals surface area contributed by atoms with E-state index in [0.717, 1.165) is 9.13 Å². The van der Waals surface area contributed by atoms with E-state index in [4.69, 9.17) is 5.11 Å². The fourth-order valence-corrected chi connectivity index (χ4v) is 2.76. The third-order valence-electron chi connectivity index (χ3n) is 4.39. The number of aromatic nitrogens is 4. The number of aromatic amines is 1. The maximum absolute atomic E-state index is 12.3. The predicted octanol–water partition coefficient (Wildman–Crippen LogP) is -0.410. The van der Waals surface area contributed by atoms with E-state index >= 15 is 0 Å². The highest BCUT2D eigenvalue weighted by Gasteiger charge is 2.14. The maximum atomic E-state index is 12.3. The molecule has 11 nitrogen and oxygen atoms in total. The second kappa shape index (κ2) is 7.54. The lowest BCUT2D eigenvalue weighted by molar-refractivity contribution is -0.116. The molecule has 0 unspecified atom stereocenters. The molecule has 0 saturated heterocycles. The van der Waals surface area contributed by atoms with Gasteiger partial charge in [-0.15, -0.1) is 0 Å². The van der Waals surface area contributed by atoms with Crippen LogP contribution in [0.5, 0.6) is 0 Å². The van der Waals surface area contributed by atoms with Crippen molar-refractivity contribution >= 4 is 28.7 Å². The van der Waals surface area contributed by atoms with Crippen molar-refractivity contribution in [3.05, 3.63) is 66.7 Å². The van der Waals surface area contributed by atoms with Gasteiger partial charge in [0.25, 0.3) is 11.1 Å². The lowest BCUT2D eigenvalue weighted by atomic mass is 10.2. The number of hydrogen-bond donors (Lipinski definition) is 3. The third-order valence-corrected chi connectivity index (χ3v) is 4.39. The highest BCUT2D eigenvalue weighted by Crippen LogP contribution is 2.10. The zero-order valence-electron chi connectivity index (χ0n) is 15.6. The van der Waals surface area contributed by atoms with Gasteiger partial charge in [-0.05, 0) is 24.3 Å². The Balaban J connectivity index is 1.80. The number of carboxylic acids is 1. The van der Waals surface area contributed by atoms with E-state index in [1.165, 1.54) is 38.4 Å². The molecule has 1 amide bonds. The summed E-state index contributed by atoms with van der Waals surface area (Å²) in [6, 6.07) is 5.61. The number of fused-ring (bicyclic) bond motifs is 1. The lowest BCUT2D eigenvalue weighted by Gasteiger charge is -2.08. The molecule has 3 N–H and O–H groups in total. The smallest absolute Gasteiger partial charge is 0.335 e. The van der Waals surface area contributed by atoms with Crippen molar-refractivity contribution in [1.82, 2.24) is 19.1 Å². The molecule has 150 valence electrons. The Labute approximate surface area is 162 Å². The quantitative estimate of drug-likeness (QED) is 0.526. The fourth-order valence-electron chi connectivity index (χ4n) is 2.76. The Morgan fingerprint density at radius 2 is 1.76 bits per heavy atom. The van der Waals surface area contributed by atoms with Crippen LogP contribution < -0.4 is 22.1 Å². The number of carbonyl (C=O) groups is 2. The second-order valence-electron chi connectivity index (χ2n) is 6.35. The number of hydrogen-bond acceptors (Lipinski definition) is 6. The minimum atomic E-state index is -1.08. The van der Waals surface area contributed by atoms with Gasteiger partial charge >= 0.3 is 11.7 Å². The van der Waals surface area contributed by atoms with Gasteiger partial charge in [-0.3, -0.25) is 23.5 Å². The molecule has 0 spiro atoms. The Bertz CT molecular complexity index is 1300. The first-order valence-corrected chi connectivity index (χ1v) is 8.51. The molecular formula is C18H17N5O6. The molecule has 0 radical (unpaired) electrons. The normalized spacial score (nSPS) is 10.8. The first kappa shape index (κ1) is 19.7. The number of H-pyrrole nitrogens is 1. The van der Waals surface area contributed by atoms with Gasteiger partial charge in [0.05, 0.1) is 5.56 Å². The average molecular weight is 399 g/mol. The van der Waals surface area contributed by atoms with Crippen molar-refractivity contribution in [3.63, 3.8) is 0 Å². The summed E-state index contributed by atoms with van der Waals surface area (Å²) >= 11 is 0. The number of aromatic carboxylic acids is 1. The monoisotopic (exact) mass is 399 g/mol. The van der Waals surface area contributed by atoms with Crippen LogP contribution in [0.2, 0.25) is 0 Å². The molecular weight excluding hydrogens is 382 g/mol. The highest BCUT2D eigenvalue weighted by molar-refractivity contribution is 5.92. The Morgan fingerprint density at radius 3 is 2.38 bits per heavy atom. The van der Waals surface area contributed by atoms with Gasteiger partial charge in [-0.2, -0.15) is 0 Å². The van der Waals surface area contributed by atoms with E-state index in [1.807, 2.05) is 0 Å². The molecule has 0 aliphatic heterocycles. The van der Waals surface area contributed by atoms with Crippen molar-refractivity contribution in [2.45, 2.75) is 12.8 Å². The van der Waals surface area contributed by atoms with Crippen molar-refractivity contribution in [2.75, 3.05) is 5.32 Å². The number of carboxylic acid groups (broad SMARTS) is 1. The van der Waals surface area contributed by atoms with Crippen molar-refractivity contribution in [3.8, 4) is 0 Å². The van der Waals surface area contributed by atoms with Crippen molar-refractivity contribution < 1.29 is 14.7 Å². The van der Waals surface area contributed by atoms with Crippen molar-refractivity contribution in [1.29, 1.82) is 0 Å². The SMILES string of the molecule is Cn1c(=O)c2nc(CCC(=O)Nc3ccc(C(=O)O)cc3)c(=O)[nH]c2n(C)c1=O. The van der Waals surface area contributed by atoms with E-state index in [1.54, 1.807) is 0 Å². The lowest BCUT2D eigenvalue weighted by Crippen LogP contribution is -2.39. The van der Waals surface area contributed by atoms with Crippen molar-refractivity contribution in [2.24, 2.45) is 14.1 Å². The van der Waals surface area contributed by atoms with Crippen LogP contribution in [0, 0.1) is 0 Å². The molecule has 2 heterocycles. The first-order valence-electron chi connectivity index (χ1n) is 8.51. The van der Waals surface area contributed by atoms with E-state index in [0.29, 0.717) is 5.69 Å². The molecule has 3 rings (SSSR count). The number of carbonyl (C=O) groups excluding carboxylic acids is 1. The van der Waals surface area contributed by atoms with Gasteiger partial charge in [-0.25, -0.2) is 14.6 Å². The largest absolute Gasteiger partial charge is 0.478 e. The molecule has 1 aromatic carbocycles. The fraction of sp³-hybridized carbons (Fsp3) is 0.222. The molecule has 29 heavy (non-hydrogen) atoms. The summed E-state index contributed by atoms with van der Waals surface area (Å²) in [5, 5.41) is 11.5. The van der Waals surface area contributed by atoms with Crippen LogP contribution in [0.25, 0.3) is 11.2 Å². The molecule has 0 saturated carbocycles. The molecule has 0 aliphatic rings. The van der Waals surface area contributed by atoms with Gasteiger partial charge in [0, 0.05) is 32.6 Å². The molecule has 11 heteroatoms. The van der Waals surface area contributed by atoms with Gasteiger partial charge in [0.15, 0.2) is 5.52 Å². The first-order chi connectivity index (χ1) is 13.7. The zero-order valence-corrected chi connectivity index (χ0v) is 15.6. The van der Waals surface area contributed by atoms with Crippen LogP contribution in [0.3, 0.4) is 0 Å². The number of nitrogens with one attached hydrogen (secondary N) is 2. The Morgan fingerprint density at radius 1 is 1.10 bits per heavy atom. The predicted molar refractivity (Wildman–Crippen MR) is 103 cm³/mol. The zero-order chi connectivity index (χ0) is 21.3. The molecule has 0 bridgehead atoms. The minimum absolute atomic E-state index is 0.00909. The number of rotatable bonds is 5. The average Bonchev–Trinajstić information content (AvgIpc) is 2.69. The number of benzene rings is 1. The second-order valence-corrected chi connectivity index (χ2v) is 6.35. The summed E-state index contributed by atoms with van der Waals surface area (Å²) in [5.41, 5.74) is -1.42. The Kier molecular flexibility index (Phi) is 5.13. The van der Waals surface area contributed by atoms with Gasteiger partial charge < -0.3 is 15.4 Å². The van der Waals surface area contributed by atoms with E-state index in [-0.39, 0.29) is 35.3 Å². The highest BCUT2D eigenvalue weighted by atomic mass is 16.4. The number of amides is 1.